The first-order valence-electron chi connectivity index (χ1n) is 9.86. The zero-order chi connectivity index (χ0) is 17.1. The Morgan fingerprint density at radius 2 is 1.84 bits per heavy atom. The Bertz CT molecular complexity index is 566. The molecule has 4 rings (SSSR count). The molecular weight excluding hydrogens is 314 g/mol. The van der Waals surface area contributed by atoms with Gasteiger partial charge in [-0.1, -0.05) is 6.07 Å². The standard InChI is InChI=1S/C20H29N3O2/c24-20(23-11-3-5-19(23)18-4-1-2-10-21-18)16-6-12-22(13-7-16)17-8-14-25-15-9-17/h1-2,4,10,16-17,19H,3,5-9,11-15H2/t19-/m0/s1. The van der Waals surface area contributed by atoms with E-state index in [0.29, 0.717) is 11.9 Å². The van der Waals surface area contributed by atoms with Gasteiger partial charge in [-0.2, -0.15) is 0 Å². The second-order valence-electron chi connectivity index (χ2n) is 7.60. The van der Waals surface area contributed by atoms with Crippen LogP contribution < -0.4 is 0 Å². The third kappa shape index (κ3) is 3.72. The number of likely N-dealkylation sites (tertiary alicyclic amines) is 2. The number of carbonyl (C=O) groups excluding carboxylic acids is 1. The van der Waals surface area contributed by atoms with Gasteiger partial charge in [0.1, 0.15) is 0 Å². The van der Waals surface area contributed by atoms with Gasteiger partial charge in [-0.15, -0.1) is 0 Å². The molecular formula is C20H29N3O2. The van der Waals surface area contributed by atoms with Crippen molar-refractivity contribution in [3.05, 3.63) is 30.1 Å². The highest BCUT2D eigenvalue weighted by Crippen LogP contribution is 2.34. The monoisotopic (exact) mass is 343 g/mol. The lowest BCUT2D eigenvalue weighted by molar-refractivity contribution is -0.138. The molecule has 0 N–H and O–H groups in total. The molecule has 0 radical (unpaired) electrons. The number of piperidine rings is 1. The number of nitrogens with zero attached hydrogens (tertiary/aromatic N) is 3. The molecule has 0 bridgehead atoms. The molecule has 4 heterocycles. The fraction of sp³-hybridized carbons (Fsp3) is 0.700. The molecule has 1 amide bonds. The number of pyridine rings is 1. The minimum atomic E-state index is 0.183. The van der Waals surface area contributed by atoms with Crippen molar-refractivity contribution in [2.75, 3.05) is 32.8 Å². The zero-order valence-corrected chi connectivity index (χ0v) is 15.0. The number of carbonyl (C=O) groups is 1. The zero-order valence-electron chi connectivity index (χ0n) is 15.0. The van der Waals surface area contributed by atoms with E-state index in [2.05, 4.69) is 20.9 Å². The van der Waals surface area contributed by atoms with Crippen molar-refractivity contribution in [1.29, 1.82) is 0 Å². The van der Waals surface area contributed by atoms with Crippen LogP contribution in [0.15, 0.2) is 24.4 Å². The molecule has 5 heteroatoms. The molecule has 0 aliphatic carbocycles. The molecule has 3 fully saturated rings. The minimum absolute atomic E-state index is 0.183. The van der Waals surface area contributed by atoms with Crippen molar-refractivity contribution >= 4 is 5.91 Å². The second kappa shape index (κ2) is 7.83. The van der Waals surface area contributed by atoms with Gasteiger partial charge in [0, 0.05) is 37.9 Å². The Labute approximate surface area is 150 Å². The quantitative estimate of drug-likeness (QED) is 0.846. The average Bonchev–Trinajstić information content (AvgIpc) is 3.19. The molecule has 1 aromatic rings. The van der Waals surface area contributed by atoms with E-state index < -0.39 is 0 Å². The summed E-state index contributed by atoms with van der Waals surface area (Å²) in [5.41, 5.74) is 1.05. The van der Waals surface area contributed by atoms with Crippen LogP contribution in [0.4, 0.5) is 0 Å². The molecule has 3 aliphatic heterocycles. The van der Waals surface area contributed by atoms with Crippen LogP contribution in [0.5, 0.6) is 0 Å². The van der Waals surface area contributed by atoms with Gasteiger partial charge in [-0.3, -0.25) is 9.78 Å². The Morgan fingerprint density at radius 3 is 2.56 bits per heavy atom. The summed E-state index contributed by atoms with van der Waals surface area (Å²) in [7, 11) is 0. The van der Waals surface area contributed by atoms with Crippen LogP contribution in [0.1, 0.15) is 50.3 Å². The summed E-state index contributed by atoms with van der Waals surface area (Å²) < 4.78 is 5.48. The summed E-state index contributed by atoms with van der Waals surface area (Å²) in [5.74, 6) is 0.556. The van der Waals surface area contributed by atoms with Crippen LogP contribution >= 0.6 is 0 Å². The van der Waals surface area contributed by atoms with Crippen molar-refractivity contribution in [2.45, 2.75) is 50.6 Å². The van der Waals surface area contributed by atoms with Gasteiger partial charge in [0.15, 0.2) is 0 Å². The number of hydrogen-bond donors (Lipinski definition) is 0. The molecule has 1 aromatic heterocycles. The van der Waals surface area contributed by atoms with Crippen LogP contribution in [0, 0.1) is 5.92 Å². The third-order valence-electron chi connectivity index (χ3n) is 6.15. The molecule has 0 unspecified atom stereocenters. The Hall–Kier alpha value is -1.46. The highest BCUT2D eigenvalue weighted by Gasteiger charge is 2.36. The molecule has 0 saturated carbocycles. The fourth-order valence-electron chi connectivity index (χ4n) is 4.71. The maximum atomic E-state index is 13.1. The largest absolute Gasteiger partial charge is 0.381 e. The predicted molar refractivity (Wildman–Crippen MR) is 96.1 cm³/mol. The highest BCUT2D eigenvalue weighted by molar-refractivity contribution is 5.79. The van der Waals surface area contributed by atoms with E-state index in [9.17, 15) is 4.79 Å². The third-order valence-corrected chi connectivity index (χ3v) is 6.15. The van der Waals surface area contributed by atoms with Crippen LogP contribution in [-0.2, 0) is 9.53 Å². The first-order valence-corrected chi connectivity index (χ1v) is 9.86. The van der Waals surface area contributed by atoms with Gasteiger partial charge < -0.3 is 14.5 Å². The summed E-state index contributed by atoms with van der Waals surface area (Å²) >= 11 is 0. The van der Waals surface area contributed by atoms with Crippen molar-refractivity contribution in [3.63, 3.8) is 0 Å². The van der Waals surface area contributed by atoms with Gasteiger partial charge in [0.25, 0.3) is 0 Å². The number of aromatic nitrogens is 1. The molecule has 5 nitrogen and oxygen atoms in total. The Kier molecular flexibility index (Phi) is 5.32. The molecule has 136 valence electrons. The van der Waals surface area contributed by atoms with Crippen molar-refractivity contribution < 1.29 is 9.53 Å². The summed E-state index contributed by atoms with van der Waals surface area (Å²) in [4.78, 5) is 22.3. The van der Waals surface area contributed by atoms with E-state index in [1.165, 1.54) is 0 Å². The first kappa shape index (κ1) is 17.0. The highest BCUT2D eigenvalue weighted by atomic mass is 16.5. The lowest BCUT2D eigenvalue weighted by Crippen LogP contribution is -2.47. The molecule has 3 aliphatic rings. The number of hydrogen-bond acceptors (Lipinski definition) is 4. The first-order chi connectivity index (χ1) is 12.3. The van der Waals surface area contributed by atoms with Gasteiger partial charge >= 0.3 is 0 Å². The SMILES string of the molecule is O=C(C1CCN(C2CCOCC2)CC1)N1CCC[C@H]1c1ccccn1. The molecule has 0 spiro atoms. The predicted octanol–water partition coefficient (Wildman–Crippen LogP) is 2.64. The topological polar surface area (TPSA) is 45.7 Å². The summed E-state index contributed by atoms with van der Waals surface area (Å²) in [6.45, 7) is 4.79. The van der Waals surface area contributed by atoms with Crippen LogP contribution in [0.2, 0.25) is 0 Å². The molecule has 25 heavy (non-hydrogen) atoms. The number of ether oxygens (including phenoxy) is 1. The summed E-state index contributed by atoms with van der Waals surface area (Å²) in [6, 6.07) is 6.87. The van der Waals surface area contributed by atoms with Gasteiger partial charge in [0.05, 0.1) is 11.7 Å². The Balaban J connectivity index is 1.35. The van der Waals surface area contributed by atoms with Crippen molar-refractivity contribution in [3.8, 4) is 0 Å². The molecule has 3 saturated heterocycles. The van der Waals surface area contributed by atoms with E-state index >= 15 is 0 Å². The lowest BCUT2D eigenvalue weighted by atomic mass is 9.92. The second-order valence-corrected chi connectivity index (χ2v) is 7.60. The minimum Gasteiger partial charge on any atom is -0.381 e. The van der Waals surface area contributed by atoms with Crippen molar-refractivity contribution in [2.24, 2.45) is 5.92 Å². The number of rotatable bonds is 3. The smallest absolute Gasteiger partial charge is 0.226 e. The average molecular weight is 343 g/mol. The van der Waals surface area contributed by atoms with E-state index in [1.807, 2.05) is 18.3 Å². The van der Waals surface area contributed by atoms with Crippen molar-refractivity contribution in [1.82, 2.24) is 14.8 Å². The van der Waals surface area contributed by atoms with E-state index in [0.717, 1.165) is 77.1 Å². The van der Waals surface area contributed by atoms with E-state index in [4.69, 9.17) is 4.74 Å². The summed E-state index contributed by atoms with van der Waals surface area (Å²) in [5, 5.41) is 0. The van der Waals surface area contributed by atoms with Crippen LogP contribution in [0.25, 0.3) is 0 Å². The lowest BCUT2D eigenvalue weighted by Gasteiger charge is -2.40. The summed E-state index contributed by atoms with van der Waals surface area (Å²) in [6.07, 6.45) is 8.27. The fourth-order valence-corrected chi connectivity index (χ4v) is 4.71. The van der Waals surface area contributed by atoms with Crippen LogP contribution in [-0.4, -0.2) is 59.6 Å². The van der Waals surface area contributed by atoms with Gasteiger partial charge in [0.2, 0.25) is 5.91 Å². The molecule has 0 aromatic carbocycles. The van der Waals surface area contributed by atoms with E-state index in [-0.39, 0.29) is 12.0 Å². The molecule has 1 atom stereocenters. The van der Waals surface area contributed by atoms with E-state index in [1.54, 1.807) is 0 Å². The normalized spacial score (nSPS) is 26.9. The Morgan fingerprint density at radius 1 is 1.04 bits per heavy atom. The maximum absolute atomic E-state index is 13.1. The van der Waals surface area contributed by atoms with Gasteiger partial charge in [-0.05, 0) is 63.7 Å². The van der Waals surface area contributed by atoms with Crippen LogP contribution in [0.3, 0.4) is 0 Å². The maximum Gasteiger partial charge on any atom is 0.226 e. The van der Waals surface area contributed by atoms with Gasteiger partial charge in [-0.25, -0.2) is 0 Å². The number of amides is 1.